The summed E-state index contributed by atoms with van der Waals surface area (Å²) in [6.07, 6.45) is -5.40. The van der Waals surface area contributed by atoms with E-state index in [1.165, 1.54) is 0 Å². The van der Waals surface area contributed by atoms with E-state index >= 15 is 0 Å². The molecule has 0 aromatic carbocycles. The first-order valence-electron chi connectivity index (χ1n) is 8.18. The number of thioether (sulfide) groups is 1. The standard InChI is InChI=1S/C15H14F3N3O7S/c16-15(17,18)14(27)28-13(26)9-6(4-29-12-8(19)11(25)21(9)12)5-1-2-20(10(5)24)3-7(22)23/h8-9,12H,1-4,19H2,(H,22,23)/b6-5+/t8-,9?,12-/m1/s1. The number of carbonyl (C=O) groups is 5. The molecule has 0 saturated carbocycles. The van der Waals surface area contributed by atoms with Crippen molar-refractivity contribution in [3.63, 3.8) is 0 Å². The summed E-state index contributed by atoms with van der Waals surface area (Å²) in [5, 5.41) is 8.13. The van der Waals surface area contributed by atoms with E-state index in [1.807, 2.05) is 0 Å². The number of carboxylic acids is 1. The Hall–Kier alpha value is -2.61. The number of amides is 2. The van der Waals surface area contributed by atoms with Gasteiger partial charge in [-0.1, -0.05) is 0 Å². The van der Waals surface area contributed by atoms with Gasteiger partial charge in [0.25, 0.3) is 0 Å². The predicted molar refractivity (Wildman–Crippen MR) is 87.9 cm³/mol. The van der Waals surface area contributed by atoms with Crippen molar-refractivity contribution in [2.45, 2.75) is 30.1 Å². The van der Waals surface area contributed by atoms with Gasteiger partial charge in [-0.3, -0.25) is 14.4 Å². The maximum Gasteiger partial charge on any atom is 0.491 e. The van der Waals surface area contributed by atoms with Gasteiger partial charge in [0.15, 0.2) is 6.04 Å². The molecule has 3 aliphatic heterocycles. The molecule has 3 N–H and O–H groups in total. The van der Waals surface area contributed by atoms with Crippen molar-refractivity contribution in [2.24, 2.45) is 5.73 Å². The van der Waals surface area contributed by atoms with Crippen LogP contribution in [0, 0.1) is 0 Å². The predicted octanol–water partition coefficient (Wildman–Crippen LogP) is -1.16. The highest BCUT2D eigenvalue weighted by molar-refractivity contribution is 8.00. The fourth-order valence-electron chi connectivity index (χ4n) is 3.36. The van der Waals surface area contributed by atoms with Crippen molar-refractivity contribution in [1.29, 1.82) is 0 Å². The normalized spacial score (nSPS) is 29.4. The molecule has 0 aliphatic carbocycles. The molecule has 158 valence electrons. The first kappa shape index (κ1) is 21.1. The molecule has 3 aliphatic rings. The van der Waals surface area contributed by atoms with Gasteiger partial charge in [0.2, 0.25) is 11.8 Å². The molecule has 10 nitrogen and oxygen atoms in total. The van der Waals surface area contributed by atoms with E-state index in [2.05, 4.69) is 4.74 Å². The summed E-state index contributed by atoms with van der Waals surface area (Å²) in [6, 6.07) is -2.70. The second-order valence-electron chi connectivity index (χ2n) is 6.46. The zero-order valence-electron chi connectivity index (χ0n) is 14.5. The largest absolute Gasteiger partial charge is 0.491 e. The molecule has 3 fully saturated rings. The minimum Gasteiger partial charge on any atom is -0.480 e. The lowest BCUT2D eigenvalue weighted by molar-refractivity contribution is -0.203. The average Bonchev–Trinajstić information content (AvgIpc) is 2.98. The van der Waals surface area contributed by atoms with Crippen LogP contribution < -0.4 is 5.73 Å². The molecule has 3 saturated heterocycles. The summed E-state index contributed by atoms with van der Waals surface area (Å²) >= 11 is 1.10. The Morgan fingerprint density at radius 3 is 2.52 bits per heavy atom. The first-order chi connectivity index (χ1) is 13.4. The molecule has 0 aromatic heterocycles. The van der Waals surface area contributed by atoms with Crippen molar-refractivity contribution in [2.75, 3.05) is 18.8 Å². The van der Waals surface area contributed by atoms with E-state index in [-0.39, 0.29) is 29.9 Å². The number of alkyl halides is 3. The lowest BCUT2D eigenvalue weighted by Crippen LogP contribution is -2.73. The lowest BCUT2D eigenvalue weighted by atomic mass is 9.94. The van der Waals surface area contributed by atoms with Gasteiger partial charge in [-0.15, -0.1) is 11.8 Å². The smallest absolute Gasteiger partial charge is 0.480 e. The van der Waals surface area contributed by atoms with Gasteiger partial charge >= 0.3 is 24.1 Å². The van der Waals surface area contributed by atoms with Crippen molar-refractivity contribution in [1.82, 2.24) is 9.80 Å². The molecule has 0 bridgehead atoms. The fraction of sp³-hybridized carbons (Fsp3) is 0.533. The number of esters is 2. The van der Waals surface area contributed by atoms with E-state index in [0.29, 0.717) is 0 Å². The van der Waals surface area contributed by atoms with E-state index in [9.17, 15) is 37.1 Å². The van der Waals surface area contributed by atoms with Crippen LogP contribution in [0.15, 0.2) is 11.1 Å². The number of carbonyl (C=O) groups excluding carboxylic acids is 4. The number of likely N-dealkylation sites (tertiary alicyclic amines) is 1. The Bertz CT molecular complexity index is 844. The monoisotopic (exact) mass is 437 g/mol. The van der Waals surface area contributed by atoms with Crippen molar-refractivity contribution in [3.8, 4) is 0 Å². The number of fused-ring (bicyclic) bond motifs is 1. The molecule has 0 aromatic rings. The van der Waals surface area contributed by atoms with E-state index < -0.39 is 59.9 Å². The highest BCUT2D eigenvalue weighted by atomic mass is 32.2. The first-order valence-corrected chi connectivity index (χ1v) is 9.23. The van der Waals surface area contributed by atoms with E-state index in [1.54, 1.807) is 0 Å². The maximum absolute atomic E-state index is 12.5. The number of nitrogens with two attached hydrogens (primary N) is 1. The van der Waals surface area contributed by atoms with E-state index in [0.717, 1.165) is 21.6 Å². The van der Waals surface area contributed by atoms with Crippen LogP contribution in [0.25, 0.3) is 0 Å². The van der Waals surface area contributed by atoms with Crippen molar-refractivity contribution < 1.29 is 47.0 Å². The van der Waals surface area contributed by atoms with Gasteiger partial charge < -0.3 is 25.4 Å². The van der Waals surface area contributed by atoms with Gasteiger partial charge in [-0.2, -0.15) is 13.2 Å². The number of hydrogen-bond donors (Lipinski definition) is 2. The van der Waals surface area contributed by atoms with Gasteiger partial charge in [0, 0.05) is 17.9 Å². The Labute approximate surface area is 164 Å². The number of nitrogens with zero attached hydrogens (tertiary/aromatic N) is 2. The number of hydrogen-bond acceptors (Lipinski definition) is 8. The highest BCUT2D eigenvalue weighted by Crippen LogP contribution is 2.42. The van der Waals surface area contributed by atoms with Crippen LogP contribution in [0.2, 0.25) is 0 Å². The molecule has 3 atom stereocenters. The molecule has 2 amide bonds. The molecule has 0 radical (unpaired) electrons. The maximum atomic E-state index is 12.5. The van der Waals surface area contributed by atoms with Crippen LogP contribution in [0.3, 0.4) is 0 Å². The summed E-state index contributed by atoms with van der Waals surface area (Å²) in [5.41, 5.74) is 5.66. The summed E-state index contributed by atoms with van der Waals surface area (Å²) in [4.78, 5) is 60.8. The molecular formula is C15H14F3N3O7S. The van der Waals surface area contributed by atoms with Gasteiger partial charge in [-0.05, 0) is 12.0 Å². The second-order valence-corrected chi connectivity index (χ2v) is 7.56. The molecule has 3 heterocycles. The van der Waals surface area contributed by atoms with Gasteiger partial charge in [0.05, 0.1) is 0 Å². The number of aliphatic carboxylic acids is 1. The lowest BCUT2D eigenvalue weighted by Gasteiger charge is -2.51. The van der Waals surface area contributed by atoms with Crippen LogP contribution in [-0.4, -0.2) is 87.1 Å². The Morgan fingerprint density at radius 1 is 1.28 bits per heavy atom. The Kier molecular flexibility index (Phi) is 5.34. The second kappa shape index (κ2) is 7.33. The zero-order chi connectivity index (χ0) is 21.7. The molecule has 14 heteroatoms. The van der Waals surface area contributed by atoms with Crippen LogP contribution in [0.4, 0.5) is 13.2 Å². The zero-order valence-corrected chi connectivity index (χ0v) is 15.3. The average molecular weight is 437 g/mol. The van der Waals surface area contributed by atoms with Crippen LogP contribution in [-0.2, 0) is 28.7 Å². The highest BCUT2D eigenvalue weighted by Gasteiger charge is 2.57. The number of β-lactam (4-membered cyclic amide) rings is 1. The molecular weight excluding hydrogens is 423 g/mol. The SMILES string of the molecule is N[C@@H]1C(=O)N2C(C(=O)OC(=O)C(F)(F)F)/C(=C3\CCN(CC(=O)O)C3=O)CS[C@H]12. The van der Waals surface area contributed by atoms with Crippen LogP contribution in [0.5, 0.6) is 0 Å². The summed E-state index contributed by atoms with van der Waals surface area (Å²) in [6.45, 7) is -0.574. The van der Waals surface area contributed by atoms with Crippen molar-refractivity contribution in [3.05, 3.63) is 11.1 Å². The molecule has 29 heavy (non-hydrogen) atoms. The minimum absolute atomic E-state index is 0.00404. The van der Waals surface area contributed by atoms with Gasteiger partial charge in [-0.25, -0.2) is 9.59 Å². The topological polar surface area (TPSA) is 147 Å². The summed E-state index contributed by atoms with van der Waals surface area (Å²) in [7, 11) is 0. The Morgan fingerprint density at radius 2 is 1.93 bits per heavy atom. The van der Waals surface area contributed by atoms with Gasteiger partial charge in [0.1, 0.15) is 18.0 Å². The fourth-order valence-corrected chi connectivity index (χ4v) is 4.75. The quantitative estimate of drug-likeness (QED) is 0.242. The minimum atomic E-state index is -5.43. The third kappa shape index (κ3) is 3.69. The number of halogens is 3. The summed E-state index contributed by atoms with van der Waals surface area (Å²) in [5.74, 6) is -7.13. The Balaban J connectivity index is 1.94. The molecule has 1 unspecified atom stereocenters. The van der Waals surface area contributed by atoms with Crippen LogP contribution >= 0.6 is 11.8 Å². The number of ether oxygens (including phenoxy) is 1. The number of rotatable bonds is 3. The third-order valence-corrected chi connectivity index (χ3v) is 6.02. The van der Waals surface area contributed by atoms with E-state index in [4.69, 9.17) is 10.8 Å². The van der Waals surface area contributed by atoms with Crippen LogP contribution in [0.1, 0.15) is 6.42 Å². The molecule has 3 rings (SSSR count). The number of carboxylic acid groups (broad SMARTS) is 1. The third-order valence-electron chi connectivity index (χ3n) is 4.68. The van der Waals surface area contributed by atoms with Crippen molar-refractivity contribution >= 4 is 41.5 Å². The summed E-state index contributed by atoms with van der Waals surface area (Å²) < 4.78 is 41.3. The molecule has 0 spiro atoms.